The van der Waals surface area contributed by atoms with Crippen LogP contribution in [0.15, 0.2) is 0 Å². The molecule has 0 N–H and O–H groups in total. The van der Waals surface area contributed by atoms with Gasteiger partial charge < -0.3 is 9.05 Å². The van der Waals surface area contributed by atoms with Crippen molar-refractivity contribution in [1.82, 2.24) is 0 Å². The Balaban J connectivity index is 4.30. The molecule has 0 saturated heterocycles. The quantitative estimate of drug-likeness (QED) is 0.541. The van der Waals surface area contributed by atoms with Crippen LogP contribution in [0, 0.1) is 0 Å². The molecule has 12 heavy (non-hydrogen) atoms. The first-order chi connectivity index (χ1) is 5.42. The second-order valence-electron chi connectivity index (χ2n) is 2.39. The Kier molecular flexibility index (Phi) is 5.79. The third-order valence-electron chi connectivity index (χ3n) is 0.906. The molecule has 0 rings (SSSR count). The van der Waals surface area contributed by atoms with E-state index < -0.39 is 12.2 Å². The molecule has 74 valence electrons. The second kappa shape index (κ2) is 5.46. The van der Waals surface area contributed by atoms with E-state index in [1.54, 1.807) is 20.8 Å². The normalized spacial score (nSPS) is 16.9. The topological polar surface area (TPSA) is 35.5 Å². The van der Waals surface area contributed by atoms with E-state index in [1.165, 1.54) is 0 Å². The molecule has 0 amide bonds. The standard InChI is InChI=1S/C6H13Cl2O3P/c1-4-10-12(9,6(7)8)11-5(2)3/h5-6H,4H2,1-3H3/t12-/m1/s1. The lowest BCUT2D eigenvalue weighted by Crippen LogP contribution is -2.07. The van der Waals surface area contributed by atoms with Gasteiger partial charge in [-0.3, -0.25) is 4.57 Å². The van der Waals surface area contributed by atoms with E-state index >= 15 is 0 Å². The van der Waals surface area contributed by atoms with Crippen LogP contribution in [0.5, 0.6) is 0 Å². The smallest absolute Gasteiger partial charge is 0.307 e. The third-order valence-corrected chi connectivity index (χ3v) is 4.15. The monoisotopic (exact) mass is 234 g/mol. The average Bonchev–Trinajstić information content (AvgIpc) is 1.85. The summed E-state index contributed by atoms with van der Waals surface area (Å²) in [6.45, 7) is 5.44. The minimum Gasteiger partial charge on any atom is -0.307 e. The lowest BCUT2D eigenvalue weighted by molar-refractivity contribution is 0.174. The summed E-state index contributed by atoms with van der Waals surface area (Å²) in [5.74, 6) is 0. The van der Waals surface area contributed by atoms with Gasteiger partial charge in [0.15, 0.2) is 0 Å². The molecule has 3 nitrogen and oxygen atoms in total. The summed E-state index contributed by atoms with van der Waals surface area (Å²) in [7, 11) is -3.32. The summed E-state index contributed by atoms with van der Waals surface area (Å²) < 4.78 is 20.4. The molecule has 0 radical (unpaired) electrons. The summed E-state index contributed by atoms with van der Waals surface area (Å²) in [4.78, 5) is 0. The number of hydrogen-bond donors (Lipinski definition) is 0. The van der Waals surface area contributed by atoms with Crippen LogP contribution in [-0.2, 0) is 13.6 Å². The molecular weight excluding hydrogens is 222 g/mol. The average molecular weight is 235 g/mol. The third kappa shape index (κ3) is 4.11. The van der Waals surface area contributed by atoms with E-state index in [4.69, 9.17) is 32.2 Å². The predicted molar refractivity (Wildman–Crippen MR) is 50.9 cm³/mol. The van der Waals surface area contributed by atoms with Crippen molar-refractivity contribution in [2.24, 2.45) is 0 Å². The largest absolute Gasteiger partial charge is 0.363 e. The Hall–Kier alpha value is 0.730. The zero-order chi connectivity index (χ0) is 9.78. The Morgan fingerprint density at radius 1 is 1.42 bits per heavy atom. The van der Waals surface area contributed by atoms with Gasteiger partial charge in [0.05, 0.1) is 12.7 Å². The molecule has 1 atom stereocenters. The minimum atomic E-state index is -3.32. The highest BCUT2D eigenvalue weighted by Crippen LogP contribution is 2.57. The zero-order valence-corrected chi connectivity index (χ0v) is 9.70. The highest BCUT2D eigenvalue weighted by Gasteiger charge is 2.33. The van der Waals surface area contributed by atoms with Gasteiger partial charge in [0.2, 0.25) is 4.58 Å². The molecule has 0 aromatic carbocycles. The summed E-state index contributed by atoms with van der Waals surface area (Å²) in [6, 6.07) is 0. The fourth-order valence-corrected chi connectivity index (χ4v) is 2.43. The first kappa shape index (κ1) is 12.7. The van der Waals surface area contributed by atoms with E-state index in [0.29, 0.717) is 0 Å². The van der Waals surface area contributed by atoms with Gasteiger partial charge >= 0.3 is 7.60 Å². The molecule has 0 aliphatic rings. The van der Waals surface area contributed by atoms with Crippen LogP contribution in [0.25, 0.3) is 0 Å². The van der Waals surface area contributed by atoms with Crippen molar-refractivity contribution in [2.75, 3.05) is 6.61 Å². The molecule has 0 spiro atoms. The molecule has 0 aliphatic heterocycles. The molecule has 0 aromatic rings. The fraction of sp³-hybridized carbons (Fsp3) is 1.00. The number of halogens is 2. The van der Waals surface area contributed by atoms with E-state index in [0.717, 1.165) is 0 Å². The van der Waals surface area contributed by atoms with Gasteiger partial charge in [-0.15, -0.1) is 0 Å². The molecule has 6 heteroatoms. The van der Waals surface area contributed by atoms with Crippen LogP contribution in [-0.4, -0.2) is 17.3 Å². The van der Waals surface area contributed by atoms with Gasteiger partial charge in [0.1, 0.15) is 0 Å². The molecule has 0 heterocycles. The SMILES string of the molecule is CCO[P@@](=O)(OC(C)C)C(Cl)Cl. The van der Waals surface area contributed by atoms with Gasteiger partial charge in [-0.1, -0.05) is 23.2 Å². The van der Waals surface area contributed by atoms with Crippen molar-refractivity contribution in [3.05, 3.63) is 0 Å². The van der Waals surface area contributed by atoms with Crippen molar-refractivity contribution in [3.63, 3.8) is 0 Å². The molecule has 0 fully saturated rings. The van der Waals surface area contributed by atoms with E-state index in [2.05, 4.69) is 0 Å². The molecule has 0 aliphatic carbocycles. The van der Waals surface area contributed by atoms with E-state index in [1.807, 2.05) is 0 Å². The van der Waals surface area contributed by atoms with Crippen LogP contribution >= 0.6 is 30.8 Å². The van der Waals surface area contributed by atoms with Crippen LogP contribution in [0.2, 0.25) is 0 Å². The van der Waals surface area contributed by atoms with Gasteiger partial charge in [0.25, 0.3) is 0 Å². The fourth-order valence-electron chi connectivity index (χ4n) is 0.607. The zero-order valence-electron chi connectivity index (χ0n) is 7.29. The number of rotatable bonds is 5. The molecule has 0 bridgehead atoms. The van der Waals surface area contributed by atoms with E-state index in [-0.39, 0.29) is 12.7 Å². The first-order valence-corrected chi connectivity index (χ1v) is 6.11. The van der Waals surface area contributed by atoms with Crippen molar-refractivity contribution in [1.29, 1.82) is 0 Å². The lowest BCUT2D eigenvalue weighted by atomic mass is 10.5. The highest BCUT2D eigenvalue weighted by atomic mass is 35.5. The molecular formula is C6H13Cl2O3P. The van der Waals surface area contributed by atoms with Crippen molar-refractivity contribution >= 4 is 30.8 Å². The molecule has 0 unspecified atom stereocenters. The lowest BCUT2D eigenvalue weighted by Gasteiger charge is -2.20. The number of hydrogen-bond acceptors (Lipinski definition) is 3. The molecule has 0 saturated carbocycles. The summed E-state index contributed by atoms with van der Waals surface area (Å²) in [5, 5.41) is 0. The minimum absolute atomic E-state index is 0.220. The maximum atomic E-state index is 11.6. The van der Waals surface area contributed by atoms with Crippen LogP contribution < -0.4 is 0 Å². The van der Waals surface area contributed by atoms with Gasteiger partial charge in [-0.05, 0) is 20.8 Å². The van der Waals surface area contributed by atoms with Gasteiger partial charge in [0, 0.05) is 0 Å². The summed E-state index contributed by atoms with van der Waals surface area (Å²) >= 11 is 10.9. The van der Waals surface area contributed by atoms with Gasteiger partial charge in [-0.2, -0.15) is 0 Å². The predicted octanol–water partition coefficient (Wildman–Crippen LogP) is 3.40. The van der Waals surface area contributed by atoms with Crippen LogP contribution in [0.1, 0.15) is 20.8 Å². The molecule has 0 aromatic heterocycles. The Morgan fingerprint density at radius 3 is 2.17 bits per heavy atom. The number of alkyl halides is 2. The van der Waals surface area contributed by atoms with Crippen molar-refractivity contribution in [2.45, 2.75) is 31.5 Å². The Bertz CT molecular complexity index is 172. The maximum Gasteiger partial charge on any atom is 0.363 e. The van der Waals surface area contributed by atoms with Crippen molar-refractivity contribution < 1.29 is 13.6 Å². The highest BCUT2D eigenvalue weighted by molar-refractivity contribution is 7.58. The summed E-state index contributed by atoms with van der Waals surface area (Å²) in [5.41, 5.74) is 0. The van der Waals surface area contributed by atoms with Gasteiger partial charge in [-0.25, -0.2) is 0 Å². The van der Waals surface area contributed by atoms with Crippen molar-refractivity contribution in [3.8, 4) is 0 Å². The van der Waals surface area contributed by atoms with E-state index in [9.17, 15) is 4.57 Å². The second-order valence-corrected chi connectivity index (χ2v) is 6.16. The maximum absolute atomic E-state index is 11.6. The summed E-state index contributed by atoms with van der Waals surface area (Å²) in [6.07, 6.45) is -0.220. The Morgan fingerprint density at radius 2 is 1.92 bits per heavy atom. The Labute approximate surface area is 82.9 Å². The van der Waals surface area contributed by atoms with Crippen LogP contribution in [0.3, 0.4) is 0 Å². The first-order valence-electron chi connectivity index (χ1n) is 3.63. The van der Waals surface area contributed by atoms with Crippen LogP contribution in [0.4, 0.5) is 0 Å².